The summed E-state index contributed by atoms with van der Waals surface area (Å²) in [4.78, 5) is 18.0. The quantitative estimate of drug-likeness (QED) is 0.584. The van der Waals surface area contributed by atoms with Crippen LogP contribution in [-0.4, -0.2) is 26.5 Å². The molecule has 4 aromatic heterocycles. The summed E-state index contributed by atoms with van der Waals surface area (Å²) >= 11 is 1.62. The second-order valence-electron chi connectivity index (χ2n) is 6.04. The Kier molecular flexibility index (Phi) is 3.61. The van der Waals surface area contributed by atoms with E-state index in [2.05, 4.69) is 15.0 Å². The molecule has 6 nitrogen and oxygen atoms in total. The van der Waals surface area contributed by atoms with E-state index in [0.717, 1.165) is 57.6 Å². The van der Waals surface area contributed by atoms with Crippen molar-refractivity contribution in [3.8, 4) is 22.3 Å². The lowest BCUT2D eigenvalue weighted by atomic mass is 10.1. The highest BCUT2D eigenvalue weighted by atomic mass is 32.1. The van der Waals surface area contributed by atoms with Gasteiger partial charge < -0.3 is 14.1 Å². The number of nitrogens with zero attached hydrogens (tertiary/aromatic N) is 3. The predicted molar refractivity (Wildman–Crippen MR) is 95.2 cm³/mol. The summed E-state index contributed by atoms with van der Waals surface area (Å²) in [5.41, 5.74) is 2.65. The molecule has 0 amide bonds. The first-order valence-electron chi connectivity index (χ1n) is 8.35. The van der Waals surface area contributed by atoms with E-state index in [-0.39, 0.29) is 6.10 Å². The molecule has 0 saturated carbocycles. The van der Waals surface area contributed by atoms with Crippen LogP contribution in [0.4, 0.5) is 0 Å². The smallest absolute Gasteiger partial charge is 0.167 e. The monoisotopic (exact) mass is 352 g/mol. The molecular weight excluding hydrogens is 336 g/mol. The van der Waals surface area contributed by atoms with Gasteiger partial charge in [-0.25, -0.2) is 9.97 Å². The van der Waals surface area contributed by atoms with E-state index in [0.29, 0.717) is 0 Å². The molecule has 1 atom stereocenters. The number of hydrogen-bond donors (Lipinski definition) is 1. The summed E-state index contributed by atoms with van der Waals surface area (Å²) in [5, 5.41) is 0.840. The number of imidazole rings is 1. The second-order valence-corrected chi connectivity index (χ2v) is 7.07. The molecule has 5 rings (SSSR count). The molecule has 1 N–H and O–H groups in total. The number of pyridine rings is 1. The van der Waals surface area contributed by atoms with Crippen LogP contribution >= 0.6 is 11.3 Å². The van der Waals surface area contributed by atoms with E-state index in [4.69, 9.17) is 14.1 Å². The van der Waals surface area contributed by atoms with Crippen LogP contribution in [0.25, 0.3) is 33.3 Å². The summed E-state index contributed by atoms with van der Waals surface area (Å²) in [5.74, 6) is 1.52. The van der Waals surface area contributed by atoms with E-state index in [1.54, 1.807) is 30.0 Å². The first-order valence-corrected chi connectivity index (χ1v) is 9.16. The maximum atomic E-state index is 6.00. The topological polar surface area (TPSA) is 76.8 Å². The molecule has 25 heavy (non-hydrogen) atoms. The third kappa shape index (κ3) is 2.65. The molecule has 126 valence electrons. The zero-order valence-electron chi connectivity index (χ0n) is 13.4. The molecule has 0 radical (unpaired) electrons. The van der Waals surface area contributed by atoms with Gasteiger partial charge in [0.05, 0.1) is 34.5 Å². The summed E-state index contributed by atoms with van der Waals surface area (Å²) < 4.78 is 11.6. The lowest BCUT2D eigenvalue weighted by Crippen LogP contribution is -2.11. The minimum atomic E-state index is 0.0751. The van der Waals surface area contributed by atoms with Crippen molar-refractivity contribution in [1.29, 1.82) is 0 Å². The van der Waals surface area contributed by atoms with Crippen molar-refractivity contribution in [2.24, 2.45) is 0 Å². The SMILES string of the molecule is c1coc(-c2nc(-c3nc4ccncc4[nH]3)sc2C2CCCCO2)c1. The molecule has 1 unspecified atom stereocenters. The summed E-state index contributed by atoms with van der Waals surface area (Å²) in [7, 11) is 0. The van der Waals surface area contributed by atoms with Gasteiger partial charge in [0, 0.05) is 12.8 Å². The van der Waals surface area contributed by atoms with Gasteiger partial charge in [0.1, 0.15) is 5.69 Å². The largest absolute Gasteiger partial charge is 0.463 e. The molecule has 4 aromatic rings. The Morgan fingerprint density at radius 1 is 1.20 bits per heavy atom. The zero-order chi connectivity index (χ0) is 16.6. The van der Waals surface area contributed by atoms with Crippen LogP contribution in [0.5, 0.6) is 0 Å². The number of hydrogen-bond acceptors (Lipinski definition) is 6. The van der Waals surface area contributed by atoms with Crippen LogP contribution in [0.3, 0.4) is 0 Å². The third-order valence-electron chi connectivity index (χ3n) is 4.37. The molecule has 0 spiro atoms. The van der Waals surface area contributed by atoms with Gasteiger partial charge in [-0.3, -0.25) is 4.98 Å². The van der Waals surface area contributed by atoms with Gasteiger partial charge in [0.15, 0.2) is 16.6 Å². The van der Waals surface area contributed by atoms with Crippen molar-refractivity contribution >= 4 is 22.4 Å². The predicted octanol–water partition coefficient (Wildman–Crippen LogP) is 4.58. The fourth-order valence-corrected chi connectivity index (χ4v) is 4.25. The van der Waals surface area contributed by atoms with Crippen molar-refractivity contribution in [1.82, 2.24) is 19.9 Å². The Hall–Kier alpha value is -2.51. The molecule has 1 saturated heterocycles. The lowest BCUT2D eigenvalue weighted by Gasteiger charge is -2.21. The highest BCUT2D eigenvalue weighted by Gasteiger charge is 2.26. The maximum absolute atomic E-state index is 6.00. The van der Waals surface area contributed by atoms with Gasteiger partial charge in [-0.15, -0.1) is 11.3 Å². The van der Waals surface area contributed by atoms with E-state index in [9.17, 15) is 0 Å². The van der Waals surface area contributed by atoms with Crippen LogP contribution in [0.2, 0.25) is 0 Å². The number of ether oxygens (including phenoxy) is 1. The summed E-state index contributed by atoms with van der Waals surface area (Å²) in [6.07, 6.45) is 8.57. The number of nitrogens with one attached hydrogen (secondary N) is 1. The van der Waals surface area contributed by atoms with Crippen LogP contribution < -0.4 is 0 Å². The van der Waals surface area contributed by atoms with E-state index in [1.165, 1.54) is 6.42 Å². The highest BCUT2D eigenvalue weighted by Crippen LogP contribution is 2.41. The van der Waals surface area contributed by atoms with Crippen molar-refractivity contribution < 1.29 is 9.15 Å². The molecule has 1 aliphatic rings. The Morgan fingerprint density at radius 3 is 3.00 bits per heavy atom. The van der Waals surface area contributed by atoms with E-state index in [1.807, 2.05) is 18.2 Å². The van der Waals surface area contributed by atoms with Gasteiger partial charge in [-0.1, -0.05) is 0 Å². The number of furan rings is 1. The average Bonchev–Trinajstić information content (AvgIpc) is 3.39. The molecule has 1 fully saturated rings. The number of aromatic amines is 1. The van der Waals surface area contributed by atoms with Crippen LogP contribution in [0.1, 0.15) is 30.2 Å². The summed E-state index contributed by atoms with van der Waals surface area (Å²) in [6, 6.07) is 5.71. The number of aromatic nitrogens is 4. The average molecular weight is 352 g/mol. The second kappa shape index (κ2) is 6.09. The lowest BCUT2D eigenvalue weighted by molar-refractivity contribution is 0.0173. The van der Waals surface area contributed by atoms with Crippen molar-refractivity contribution in [3.63, 3.8) is 0 Å². The van der Waals surface area contributed by atoms with E-state index < -0.39 is 0 Å². The minimum absolute atomic E-state index is 0.0751. The van der Waals surface area contributed by atoms with E-state index >= 15 is 0 Å². The van der Waals surface area contributed by atoms with Gasteiger partial charge in [-0.05, 0) is 37.5 Å². The minimum Gasteiger partial charge on any atom is -0.463 e. The molecular formula is C18H16N4O2S. The third-order valence-corrected chi connectivity index (χ3v) is 5.52. The Bertz CT molecular complexity index is 966. The number of rotatable bonds is 3. The normalized spacial score (nSPS) is 18.0. The van der Waals surface area contributed by atoms with Crippen molar-refractivity contribution in [2.75, 3.05) is 6.61 Å². The number of H-pyrrole nitrogens is 1. The molecule has 0 aromatic carbocycles. The molecule has 0 aliphatic carbocycles. The molecule has 7 heteroatoms. The van der Waals surface area contributed by atoms with Gasteiger partial charge in [-0.2, -0.15) is 0 Å². The van der Waals surface area contributed by atoms with Crippen LogP contribution in [-0.2, 0) is 4.74 Å². The Balaban J connectivity index is 1.62. The highest BCUT2D eigenvalue weighted by molar-refractivity contribution is 7.15. The first-order chi connectivity index (χ1) is 12.4. The standard InChI is InChI=1S/C18H16N4O2S/c1-2-8-24-14(4-1)16-15(13-5-3-9-23-13)22-18(25-16)17-20-11-6-7-19-10-12(11)21-17/h3,5-7,9-10,14H,1-2,4,8H2,(H,20,21). The first kappa shape index (κ1) is 14.8. The maximum Gasteiger partial charge on any atom is 0.167 e. The van der Waals surface area contributed by atoms with Gasteiger partial charge in [0.25, 0.3) is 0 Å². The van der Waals surface area contributed by atoms with Gasteiger partial charge in [0.2, 0.25) is 0 Å². The van der Waals surface area contributed by atoms with Crippen LogP contribution in [0.15, 0.2) is 41.3 Å². The number of thiazole rings is 1. The van der Waals surface area contributed by atoms with Crippen molar-refractivity contribution in [3.05, 3.63) is 41.7 Å². The Morgan fingerprint density at radius 2 is 2.20 bits per heavy atom. The fraction of sp³-hybridized carbons (Fsp3) is 0.278. The zero-order valence-corrected chi connectivity index (χ0v) is 14.3. The summed E-state index contributed by atoms with van der Waals surface area (Å²) in [6.45, 7) is 0.797. The van der Waals surface area contributed by atoms with Crippen LogP contribution in [0, 0.1) is 0 Å². The molecule has 1 aliphatic heterocycles. The number of fused-ring (bicyclic) bond motifs is 1. The Labute approximate surface area is 147 Å². The fourth-order valence-electron chi connectivity index (χ4n) is 3.15. The molecule has 5 heterocycles. The van der Waals surface area contributed by atoms with Crippen molar-refractivity contribution in [2.45, 2.75) is 25.4 Å². The molecule has 0 bridgehead atoms. The van der Waals surface area contributed by atoms with Gasteiger partial charge >= 0.3 is 0 Å².